The Morgan fingerprint density at radius 2 is 0.961 bits per heavy atom. The van der Waals surface area contributed by atoms with E-state index in [0.29, 0.717) is 0 Å². The van der Waals surface area contributed by atoms with Gasteiger partial charge in [-0.05, 0) is 105 Å². The predicted octanol–water partition coefficient (Wildman–Crippen LogP) is 10.2. The van der Waals surface area contributed by atoms with Crippen molar-refractivity contribution >= 4 is 35.3 Å². The lowest BCUT2D eigenvalue weighted by Crippen LogP contribution is -2.27. The molecule has 6 nitrogen and oxygen atoms in total. The van der Waals surface area contributed by atoms with E-state index in [9.17, 15) is 9.59 Å². The average molecular weight is 729 g/mol. The highest BCUT2D eigenvalue weighted by atomic mass is 32.2. The summed E-state index contributed by atoms with van der Waals surface area (Å²) in [6.45, 7) is 7.59. The van der Waals surface area contributed by atoms with Crippen LogP contribution in [0.5, 0.6) is 0 Å². The van der Waals surface area contributed by atoms with Crippen molar-refractivity contribution < 1.29 is 9.59 Å². The van der Waals surface area contributed by atoms with E-state index in [0.717, 1.165) is 128 Å². The molecule has 0 saturated carbocycles. The molecule has 0 atom stereocenters. The molecule has 2 aliphatic rings. The zero-order chi connectivity index (χ0) is 35.9. The maximum atomic E-state index is 13.4. The van der Waals surface area contributed by atoms with Crippen LogP contribution in [-0.4, -0.2) is 38.0 Å². The maximum absolute atomic E-state index is 13.4. The number of hydrogen-bond acceptors (Lipinski definition) is 6. The molecule has 4 rings (SSSR count). The molecule has 2 aliphatic carbocycles. The van der Waals surface area contributed by atoms with Crippen molar-refractivity contribution in [2.24, 2.45) is 0 Å². The number of carbonyl (C=O) groups excluding carboxylic acids is 2. The average Bonchev–Trinajstić information content (AvgIpc) is 3.16. The van der Waals surface area contributed by atoms with Crippen LogP contribution in [0.4, 0.5) is 0 Å². The minimum Gasteiger partial charge on any atom is -0.388 e. The number of hydrogen-bond donors (Lipinski definition) is 4. The summed E-state index contributed by atoms with van der Waals surface area (Å²) in [5.74, 6) is 0.0852. The van der Waals surface area contributed by atoms with E-state index in [4.69, 9.17) is 0 Å². The summed E-state index contributed by atoms with van der Waals surface area (Å²) in [5.41, 5.74) is 4.68. The van der Waals surface area contributed by atoms with Gasteiger partial charge in [0.05, 0.1) is 9.81 Å². The highest BCUT2D eigenvalue weighted by Gasteiger charge is 2.20. The van der Waals surface area contributed by atoms with Crippen molar-refractivity contribution in [3.8, 4) is 0 Å². The van der Waals surface area contributed by atoms with Gasteiger partial charge in [0.25, 0.3) is 11.8 Å². The van der Waals surface area contributed by atoms with Gasteiger partial charge in [-0.15, -0.1) is 0 Å². The Morgan fingerprint density at radius 3 is 1.37 bits per heavy atom. The molecule has 0 saturated heterocycles. The largest absolute Gasteiger partial charge is 0.388 e. The Bertz CT molecular complexity index is 1370. The molecule has 0 fully saturated rings. The van der Waals surface area contributed by atoms with Crippen molar-refractivity contribution in [2.45, 2.75) is 120 Å². The third kappa shape index (κ3) is 15.0. The Balaban J connectivity index is 1.34. The van der Waals surface area contributed by atoms with E-state index in [1.165, 1.54) is 37.1 Å². The Hall–Kier alpha value is -3.36. The lowest BCUT2D eigenvalue weighted by Gasteiger charge is -2.21. The lowest BCUT2D eigenvalue weighted by atomic mass is 9.98. The molecule has 0 spiro atoms. The van der Waals surface area contributed by atoms with Crippen LogP contribution >= 0.6 is 23.5 Å². The highest BCUT2D eigenvalue weighted by molar-refractivity contribution is 8.04. The van der Waals surface area contributed by atoms with Gasteiger partial charge in [-0.2, -0.15) is 0 Å². The van der Waals surface area contributed by atoms with Crippen molar-refractivity contribution in [1.82, 2.24) is 21.3 Å². The molecule has 4 N–H and O–H groups in total. The molecular weight excluding hydrogens is 669 g/mol. The van der Waals surface area contributed by atoms with Gasteiger partial charge in [-0.3, -0.25) is 9.59 Å². The highest BCUT2D eigenvalue weighted by Crippen LogP contribution is 2.35. The second-order valence-corrected chi connectivity index (χ2v) is 15.6. The smallest absolute Gasteiger partial charge is 0.258 e. The minimum atomic E-state index is 0.0426. The molecular formula is C43H60N4O2S2. The van der Waals surface area contributed by atoms with Gasteiger partial charge in [-0.1, -0.05) is 112 Å². The normalized spacial score (nSPS) is 16.4. The van der Waals surface area contributed by atoms with Gasteiger partial charge in [-0.25, -0.2) is 0 Å². The number of thioether (sulfide) groups is 2. The van der Waals surface area contributed by atoms with E-state index in [1.54, 1.807) is 23.5 Å². The minimum absolute atomic E-state index is 0.0426. The van der Waals surface area contributed by atoms with Crippen LogP contribution in [0.25, 0.3) is 0 Å². The fraction of sp³-hybridized carbons (Fsp3) is 0.488. The van der Waals surface area contributed by atoms with Crippen molar-refractivity contribution in [3.05, 3.63) is 105 Å². The first kappa shape index (κ1) is 40.4. The first-order chi connectivity index (χ1) is 25.1. The number of allylic oxidation sites excluding steroid dienone is 6. The zero-order valence-corrected chi connectivity index (χ0v) is 32.6. The van der Waals surface area contributed by atoms with Gasteiger partial charge >= 0.3 is 0 Å². The monoisotopic (exact) mass is 728 g/mol. The third-order valence-corrected chi connectivity index (χ3v) is 11.4. The van der Waals surface area contributed by atoms with Crippen LogP contribution in [0.2, 0.25) is 0 Å². The number of amides is 2. The second kappa shape index (κ2) is 24.0. The van der Waals surface area contributed by atoms with Crippen LogP contribution in [0, 0.1) is 0 Å². The molecule has 8 heteroatoms. The molecule has 0 aromatic heterocycles. The van der Waals surface area contributed by atoms with Crippen LogP contribution in [0.1, 0.15) is 110 Å². The van der Waals surface area contributed by atoms with E-state index in [2.05, 4.69) is 71.5 Å². The van der Waals surface area contributed by atoms with Crippen molar-refractivity contribution in [3.63, 3.8) is 0 Å². The molecule has 0 unspecified atom stereocenters. The number of rotatable bonds is 22. The molecule has 2 amide bonds. The van der Waals surface area contributed by atoms with Gasteiger partial charge in [0.1, 0.15) is 0 Å². The van der Waals surface area contributed by atoms with E-state index in [-0.39, 0.29) is 11.8 Å². The molecule has 51 heavy (non-hydrogen) atoms. The van der Waals surface area contributed by atoms with E-state index < -0.39 is 0 Å². The molecule has 0 heterocycles. The fourth-order valence-corrected chi connectivity index (χ4v) is 8.24. The first-order valence-corrected chi connectivity index (χ1v) is 21.1. The zero-order valence-electron chi connectivity index (χ0n) is 31.0. The summed E-state index contributed by atoms with van der Waals surface area (Å²) in [6, 6.07) is 20.4. The van der Waals surface area contributed by atoms with Gasteiger partial charge < -0.3 is 21.3 Å². The summed E-state index contributed by atoms with van der Waals surface area (Å²) >= 11 is 3.16. The standard InChI is InChI=1S/C43H60N4O2S2/c1-3-5-7-15-28-46-42(48)40(50-38-24-11-9-12-25-38)34-20-17-22-36(32-34)44-30-19-31-45-37-23-18-21-35(33-37)41(51-39-26-13-10-14-27-39)43(49)47-29-16-8-6-4-2/h9-14,24-27,32-33,44-45H,3-8,15-23,28-31H2,1-2H3,(H,46,48)(H,47,49)/b40-34+,41-35+. The molecule has 2 aromatic rings. The van der Waals surface area contributed by atoms with Gasteiger partial charge in [0, 0.05) is 47.4 Å². The van der Waals surface area contributed by atoms with Gasteiger partial charge in [0.15, 0.2) is 0 Å². The van der Waals surface area contributed by atoms with E-state index >= 15 is 0 Å². The predicted molar refractivity (Wildman–Crippen MR) is 217 cm³/mol. The van der Waals surface area contributed by atoms with Crippen LogP contribution < -0.4 is 21.3 Å². The first-order valence-electron chi connectivity index (χ1n) is 19.4. The van der Waals surface area contributed by atoms with Crippen molar-refractivity contribution in [1.29, 1.82) is 0 Å². The molecule has 0 radical (unpaired) electrons. The number of nitrogens with one attached hydrogen (secondary N) is 4. The Kier molecular flexibility index (Phi) is 19.0. The molecule has 2 aromatic carbocycles. The van der Waals surface area contributed by atoms with E-state index in [1.807, 2.05) is 36.4 Å². The molecule has 0 aliphatic heterocycles. The summed E-state index contributed by atoms with van der Waals surface area (Å²) in [6.07, 6.45) is 20.4. The van der Waals surface area contributed by atoms with Crippen molar-refractivity contribution in [2.75, 3.05) is 26.2 Å². The Morgan fingerprint density at radius 1 is 0.529 bits per heavy atom. The summed E-state index contributed by atoms with van der Waals surface area (Å²) in [7, 11) is 0. The number of carbonyl (C=O) groups is 2. The summed E-state index contributed by atoms with van der Waals surface area (Å²) in [5, 5.41) is 13.8. The topological polar surface area (TPSA) is 82.3 Å². The third-order valence-electron chi connectivity index (χ3n) is 9.09. The quantitative estimate of drug-likeness (QED) is 0.0549. The number of unbranched alkanes of at least 4 members (excludes halogenated alkanes) is 6. The molecule has 276 valence electrons. The van der Waals surface area contributed by atoms with Crippen LogP contribution in [0.15, 0.2) is 115 Å². The maximum Gasteiger partial charge on any atom is 0.258 e. The second-order valence-electron chi connectivity index (χ2n) is 13.4. The summed E-state index contributed by atoms with van der Waals surface area (Å²) < 4.78 is 0. The van der Waals surface area contributed by atoms with Gasteiger partial charge in [0.2, 0.25) is 0 Å². The van der Waals surface area contributed by atoms with Crippen LogP contribution in [-0.2, 0) is 9.59 Å². The fourth-order valence-electron chi connectivity index (χ4n) is 6.27. The summed E-state index contributed by atoms with van der Waals surface area (Å²) in [4.78, 5) is 30.7. The lowest BCUT2D eigenvalue weighted by molar-refractivity contribution is -0.117. The van der Waals surface area contributed by atoms with Crippen LogP contribution in [0.3, 0.4) is 0 Å². The SMILES string of the molecule is CCCCCCNC(=O)/C(Sc1ccccc1)=C1\C=C(NCCCNC2=C/C(=C(/Sc3ccccc3)C(=O)NCCCCCC)CCC2)CCC1. The Labute approximate surface area is 316 Å². The molecule has 0 bridgehead atoms. The number of benzene rings is 2.